The molecule has 0 radical (unpaired) electrons. The molecule has 1 aromatic carbocycles. The minimum Gasteiger partial charge on any atom is -0.375 e. The summed E-state index contributed by atoms with van der Waals surface area (Å²) >= 11 is 6.04. The highest BCUT2D eigenvalue weighted by Crippen LogP contribution is 2.28. The molecule has 1 aliphatic carbocycles. The summed E-state index contributed by atoms with van der Waals surface area (Å²) < 4.78 is 7.53. The van der Waals surface area contributed by atoms with Crippen LogP contribution in [0, 0.1) is 0 Å². The van der Waals surface area contributed by atoms with Gasteiger partial charge in [-0.1, -0.05) is 18.0 Å². The van der Waals surface area contributed by atoms with Gasteiger partial charge in [0.2, 0.25) is 0 Å². The van der Waals surface area contributed by atoms with Gasteiger partial charge in [-0.15, -0.1) is 0 Å². The number of morpholine rings is 1. The lowest BCUT2D eigenvalue weighted by atomic mass is 10.1. The summed E-state index contributed by atoms with van der Waals surface area (Å²) in [5.41, 5.74) is 3.88. The van der Waals surface area contributed by atoms with E-state index in [1.165, 1.54) is 12.1 Å². The van der Waals surface area contributed by atoms with Gasteiger partial charge in [-0.3, -0.25) is 4.79 Å². The molecule has 2 aromatic rings. The average Bonchev–Trinajstić information content (AvgIpc) is 2.83. The van der Waals surface area contributed by atoms with Crippen molar-refractivity contribution in [2.75, 3.05) is 19.7 Å². The van der Waals surface area contributed by atoms with Gasteiger partial charge in [0, 0.05) is 29.4 Å². The molecule has 1 saturated heterocycles. The van der Waals surface area contributed by atoms with Crippen LogP contribution in [0.25, 0.3) is 5.69 Å². The van der Waals surface area contributed by atoms with E-state index >= 15 is 0 Å². The van der Waals surface area contributed by atoms with Crippen LogP contribution in [0.1, 0.15) is 47.9 Å². The van der Waals surface area contributed by atoms with Crippen molar-refractivity contribution in [3.05, 3.63) is 46.2 Å². The predicted octanol–water partition coefficient (Wildman–Crippen LogP) is 3.66. The summed E-state index contributed by atoms with van der Waals surface area (Å²) in [5.74, 6) is 0.0333. The van der Waals surface area contributed by atoms with Gasteiger partial charge < -0.3 is 9.64 Å². The van der Waals surface area contributed by atoms with Crippen LogP contribution in [0.3, 0.4) is 0 Å². The van der Waals surface area contributed by atoms with E-state index in [4.69, 9.17) is 21.4 Å². The summed E-state index contributed by atoms with van der Waals surface area (Å²) in [6.45, 7) is 3.85. The second-order valence-corrected chi connectivity index (χ2v) is 7.59. The fraction of sp³-hybridized carbons (Fsp3) is 0.500. The van der Waals surface area contributed by atoms with Crippen LogP contribution in [0.4, 0.5) is 0 Å². The van der Waals surface area contributed by atoms with Crippen molar-refractivity contribution in [3.8, 4) is 5.69 Å². The van der Waals surface area contributed by atoms with Gasteiger partial charge in [0.25, 0.3) is 5.91 Å². The quantitative estimate of drug-likeness (QED) is 0.755. The van der Waals surface area contributed by atoms with Gasteiger partial charge in [-0.05, 0) is 56.9 Å². The van der Waals surface area contributed by atoms with Gasteiger partial charge in [0.1, 0.15) is 0 Å². The molecule has 2 aliphatic rings. The highest BCUT2D eigenvalue weighted by atomic mass is 35.5. The zero-order valence-electron chi connectivity index (χ0n) is 15.1. The van der Waals surface area contributed by atoms with Crippen molar-refractivity contribution in [1.29, 1.82) is 0 Å². The van der Waals surface area contributed by atoms with E-state index in [2.05, 4.69) is 0 Å². The van der Waals surface area contributed by atoms with E-state index in [1.54, 1.807) is 0 Å². The molecule has 5 nitrogen and oxygen atoms in total. The molecular weight excluding hydrogens is 350 g/mol. The first-order chi connectivity index (χ1) is 12.6. The molecule has 2 heterocycles. The monoisotopic (exact) mass is 373 g/mol. The Kier molecular flexibility index (Phi) is 5.00. The maximum Gasteiger partial charge on any atom is 0.274 e. The van der Waals surface area contributed by atoms with E-state index < -0.39 is 0 Å². The third kappa shape index (κ3) is 3.38. The number of rotatable bonds is 2. The van der Waals surface area contributed by atoms with Crippen molar-refractivity contribution in [3.63, 3.8) is 0 Å². The first-order valence-electron chi connectivity index (χ1n) is 9.41. The number of hydrogen-bond donors (Lipinski definition) is 0. The molecule has 1 unspecified atom stereocenters. The van der Waals surface area contributed by atoms with E-state index in [1.807, 2.05) is 40.8 Å². The maximum absolute atomic E-state index is 13.2. The Morgan fingerprint density at radius 1 is 1.19 bits per heavy atom. The second-order valence-electron chi connectivity index (χ2n) is 7.16. The lowest BCUT2D eigenvalue weighted by Crippen LogP contribution is -2.44. The fourth-order valence-corrected chi connectivity index (χ4v) is 4.02. The number of hydrogen-bond acceptors (Lipinski definition) is 3. The number of ether oxygens (including phenoxy) is 1. The zero-order chi connectivity index (χ0) is 18.1. The van der Waals surface area contributed by atoms with Crippen LogP contribution in [-0.4, -0.2) is 46.4 Å². The second kappa shape index (κ2) is 7.41. The molecule has 0 saturated carbocycles. The molecular formula is C20H24ClN3O2. The van der Waals surface area contributed by atoms with Gasteiger partial charge in [0.05, 0.1) is 18.4 Å². The Labute approximate surface area is 158 Å². The molecule has 1 atom stereocenters. The minimum absolute atomic E-state index is 0.0333. The van der Waals surface area contributed by atoms with E-state index in [-0.39, 0.29) is 12.0 Å². The van der Waals surface area contributed by atoms with Crippen molar-refractivity contribution < 1.29 is 9.53 Å². The van der Waals surface area contributed by atoms with Crippen molar-refractivity contribution >= 4 is 17.5 Å². The minimum atomic E-state index is 0.0333. The largest absolute Gasteiger partial charge is 0.375 e. The van der Waals surface area contributed by atoms with Gasteiger partial charge in [-0.2, -0.15) is 5.10 Å². The van der Waals surface area contributed by atoms with E-state index in [0.29, 0.717) is 30.4 Å². The highest BCUT2D eigenvalue weighted by Gasteiger charge is 2.30. The third-order valence-corrected chi connectivity index (χ3v) is 5.48. The molecule has 1 aromatic heterocycles. The van der Waals surface area contributed by atoms with Crippen LogP contribution < -0.4 is 0 Å². The smallest absolute Gasteiger partial charge is 0.274 e. The standard InChI is InChI=1S/C20H24ClN3O2/c1-14-13-23(11-12-26-14)20(25)19-17-5-3-2-4-6-18(17)24(22-19)16-9-7-15(21)8-10-16/h7-10,14H,2-6,11-13H2,1H3. The summed E-state index contributed by atoms with van der Waals surface area (Å²) in [5, 5.41) is 5.47. The molecule has 0 bridgehead atoms. The van der Waals surface area contributed by atoms with Gasteiger partial charge >= 0.3 is 0 Å². The summed E-state index contributed by atoms with van der Waals surface area (Å²) in [6.07, 6.45) is 5.39. The maximum atomic E-state index is 13.2. The van der Waals surface area contributed by atoms with Gasteiger partial charge in [0.15, 0.2) is 5.69 Å². The third-order valence-electron chi connectivity index (χ3n) is 5.23. The lowest BCUT2D eigenvalue weighted by Gasteiger charge is -2.30. The predicted molar refractivity (Wildman–Crippen MR) is 101 cm³/mol. The highest BCUT2D eigenvalue weighted by molar-refractivity contribution is 6.30. The summed E-state index contributed by atoms with van der Waals surface area (Å²) in [4.78, 5) is 15.1. The lowest BCUT2D eigenvalue weighted by molar-refractivity contribution is -0.0126. The average molecular weight is 374 g/mol. The summed E-state index contributed by atoms with van der Waals surface area (Å²) in [6, 6.07) is 7.66. The van der Waals surface area contributed by atoms with E-state index in [0.717, 1.165) is 36.9 Å². The number of nitrogens with zero attached hydrogens (tertiary/aromatic N) is 3. The number of benzene rings is 1. The Bertz CT molecular complexity index is 800. The molecule has 26 heavy (non-hydrogen) atoms. The number of halogens is 1. The molecule has 0 spiro atoms. The molecule has 6 heteroatoms. The van der Waals surface area contributed by atoms with Crippen LogP contribution in [0.2, 0.25) is 5.02 Å². The molecule has 138 valence electrons. The van der Waals surface area contributed by atoms with Crippen LogP contribution in [0.15, 0.2) is 24.3 Å². The Morgan fingerprint density at radius 2 is 1.96 bits per heavy atom. The number of carbonyl (C=O) groups excluding carboxylic acids is 1. The summed E-state index contributed by atoms with van der Waals surface area (Å²) in [7, 11) is 0. The Balaban J connectivity index is 1.74. The van der Waals surface area contributed by atoms with Gasteiger partial charge in [-0.25, -0.2) is 4.68 Å². The topological polar surface area (TPSA) is 47.4 Å². The van der Waals surface area contributed by atoms with Crippen molar-refractivity contribution in [2.24, 2.45) is 0 Å². The fourth-order valence-electron chi connectivity index (χ4n) is 3.90. The van der Waals surface area contributed by atoms with Crippen molar-refractivity contribution in [1.82, 2.24) is 14.7 Å². The molecule has 1 amide bonds. The SMILES string of the molecule is CC1CN(C(=O)c2nn(-c3ccc(Cl)cc3)c3c2CCCCC3)CCO1. The molecule has 1 fully saturated rings. The Morgan fingerprint density at radius 3 is 2.73 bits per heavy atom. The first-order valence-corrected chi connectivity index (χ1v) is 9.79. The van der Waals surface area contributed by atoms with Crippen molar-refractivity contribution in [2.45, 2.75) is 45.1 Å². The molecule has 4 rings (SSSR count). The van der Waals surface area contributed by atoms with Crippen LogP contribution in [-0.2, 0) is 17.6 Å². The molecule has 1 aliphatic heterocycles. The number of amides is 1. The van der Waals surface area contributed by atoms with Crippen LogP contribution >= 0.6 is 11.6 Å². The normalized spacial score (nSPS) is 20.5. The molecule has 0 N–H and O–H groups in total. The van der Waals surface area contributed by atoms with Crippen LogP contribution in [0.5, 0.6) is 0 Å². The first kappa shape index (κ1) is 17.6. The number of carbonyl (C=O) groups is 1. The van der Waals surface area contributed by atoms with E-state index in [9.17, 15) is 4.79 Å². The number of aromatic nitrogens is 2. The Hall–Kier alpha value is -1.85. The number of fused-ring (bicyclic) bond motifs is 1. The zero-order valence-corrected chi connectivity index (χ0v) is 15.8.